The summed E-state index contributed by atoms with van der Waals surface area (Å²) in [6.07, 6.45) is 3.77. The number of urea groups is 1. The maximum Gasteiger partial charge on any atom is 0.317 e. The van der Waals surface area contributed by atoms with E-state index < -0.39 is 0 Å². The van der Waals surface area contributed by atoms with Crippen molar-refractivity contribution >= 4 is 47.5 Å². The van der Waals surface area contributed by atoms with E-state index in [-0.39, 0.29) is 42.1 Å². The Balaban J connectivity index is 0.00000320. The van der Waals surface area contributed by atoms with E-state index in [2.05, 4.69) is 10.2 Å². The summed E-state index contributed by atoms with van der Waals surface area (Å²) in [5.74, 6) is 0.00850. The Morgan fingerprint density at radius 1 is 1.05 bits per heavy atom. The van der Waals surface area contributed by atoms with Gasteiger partial charge in [0.15, 0.2) is 0 Å². The van der Waals surface area contributed by atoms with Crippen LogP contribution in [-0.4, -0.2) is 77.6 Å². The van der Waals surface area contributed by atoms with Crippen LogP contribution in [0, 0.1) is 0 Å². The molecule has 0 radical (unpaired) electrons. The van der Waals surface area contributed by atoms with E-state index in [4.69, 9.17) is 23.2 Å². The minimum Gasteiger partial charge on any atom is -0.508 e. The molecule has 37 heavy (non-hydrogen) atoms. The number of phenolic OH excluding ortho intramolecular Hbond substituents is 1. The number of halogens is 3. The quantitative estimate of drug-likeness (QED) is 0.497. The van der Waals surface area contributed by atoms with Crippen LogP contribution in [0.15, 0.2) is 36.4 Å². The van der Waals surface area contributed by atoms with Crippen molar-refractivity contribution in [2.75, 3.05) is 39.8 Å². The van der Waals surface area contributed by atoms with Gasteiger partial charge in [-0.2, -0.15) is 0 Å². The number of fused-ring (bicyclic) bond motifs is 1. The van der Waals surface area contributed by atoms with E-state index in [0.29, 0.717) is 21.7 Å². The molecule has 7 nitrogen and oxygen atoms in total. The van der Waals surface area contributed by atoms with E-state index in [1.54, 1.807) is 17.0 Å². The summed E-state index contributed by atoms with van der Waals surface area (Å²) in [4.78, 5) is 31.5. The van der Waals surface area contributed by atoms with Crippen LogP contribution in [0.25, 0.3) is 0 Å². The maximum absolute atomic E-state index is 13.1. The summed E-state index contributed by atoms with van der Waals surface area (Å²) in [5.41, 5.74) is 2.51. The molecule has 2 unspecified atom stereocenters. The Bertz CT molecular complexity index is 1160. The van der Waals surface area contributed by atoms with E-state index in [0.717, 1.165) is 69.5 Å². The number of benzene rings is 2. The first-order valence-electron chi connectivity index (χ1n) is 12.7. The van der Waals surface area contributed by atoms with Gasteiger partial charge in [0.05, 0.1) is 16.1 Å². The predicted molar refractivity (Wildman–Crippen MR) is 148 cm³/mol. The molecule has 2 fully saturated rings. The number of rotatable bonds is 6. The highest BCUT2D eigenvalue weighted by Gasteiger charge is 2.40. The number of nitrogens with one attached hydrogen (secondary N) is 1. The van der Waals surface area contributed by atoms with Gasteiger partial charge in [0, 0.05) is 50.7 Å². The fraction of sp³-hybridized carbons (Fsp3) is 0.481. The van der Waals surface area contributed by atoms with Crippen LogP contribution in [0.3, 0.4) is 0 Å². The molecule has 0 spiro atoms. The van der Waals surface area contributed by atoms with Gasteiger partial charge in [-0.3, -0.25) is 4.79 Å². The largest absolute Gasteiger partial charge is 0.508 e. The van der Waals surface area contributed by atoms with E-state index >= 15 is 0 Å². The molecule has 0 aromatic heterocycles. The molecule has 0 saturated carbocycles. The fourth-order valence-corrected chi connectivity index (χ4v) is 6.33. The van der Waals surface area contributed by atoms with E-state index in [1.807, 2.05) is 36.2 Å². The van der Waals surface area contributed by atoms with Gasteiger partial charge in [0.25, 0.3) is 5.91 Å². The second-order valence-electron chi connectivity index (χ2n) is 10.1. The average molecular weight is 568 g/mol. The van der Waals surface area contributed by atoms with Crippen molar-refractivity contribution in [1.82, 2.24) is 20.0 Å². The molecule has 3 heterocycles. The fourth-order valence-electron chi connectivity index (χ4n) is 6.02. The topological polar surface area (TPSA) is 76.1 Å². The summed E-state index contributed by atoms with van der Waals surface area (Å²) in [7, 11) is 1.82. The lowest BCUT2D eigenvalue weighted by atomic mass is 9.84. The zero-order valence-electron chi connectivity index (χ0n) is 20.8. The van der Waals surface area contributed by atoms with Crippen molar-refractivity contribution < 1.29 is 14.7 Å². The normalized spacial score (nSPS) is 21.4. The van der Waals surface area contributed by atoms with Crippen LogP contribution in [0.4, 0.5) is 4.79 Å². The highest BCUT2D eigenvalue weighted by atomic mass is 35.5. The third-order valence-corrected chi connectivity index (χ3v) is 8.68. The highest BCUT2D eigenvalue weighted by molar-refractivity contribution is 6.42. The number of piperidine rings is 1. The van der Waals surface area contributed by atoms with Crippen LogP contribution >= 0.6 is 35.6 Å². The zero-order chi connectivity index (χ0) is 25.4. The number of hydrogen-bond donors (Lipinski definition) is 2. The SMILES string of the molecule is CN1C(=O)c2cc(O)ccc2C1C(CCN1CCC(N2CCCNC2=O)CC1)c1ccc(Cl)c(Cl)c1.Cl. The summed E-state index contributed by atoms with van der Waals surface area (Å²) >= 11 is 12.6. The number of carbonyl (C=O) groups is 2. The summed E-state index contributed by atoms with van der Waals surface area (Å²) in [6, 6.07) is 11.0. The van der Waals surface area contributed by atoms with Crippen molar-refractivity contribution in [3.8, 4) is 5.75 Å². The van der Waals surface area contributed by atoms with Crippen molar-refractivity contribution in [3.63, 3.8) is 0 Å². The third kappa shape index (κ3) is 5.65. The summed E-state index contributed by atoms with van der Waals surface area (Å²) in [6.45, 7) is 4.35. The minimum absolute atomic E-state index is 0. The number of nitrogens with zero attached hydrogens (tertiary/aromatic N) is 3. The Kier molecular flexibility index (Phi) is 8.79. The lowest BCUT2D eigenvalue weighted by molar-refractivity contribution is 0.0740. The lowest BCUT2D eigenvalue weighted by Crippen LogP contribution is -2.54. The molecule has 2 saturated heterocycles. The Morgan fingerprint density at radius 2 is 1.81 bits per heavy atom. The van der Waals surface area contributed by atoms with Crippen LogP contribution in [0.5, 0.6) is 5.75 Å². The van der Waals surface area contributed by atoms with E-state index in [1.165, 1.54) is 0 Å². The Labute approximate surface area is 234 Å². The standard InChI is InChI=1S/C27H32Cl2N4O3.ClH/c1-31-25(21-5-4-19(34)16-22(21)26(31)35)20(17-3-6-23(28)24(29)15-17)9-14-32-12-7-18(8-13-32)33-11-2-10-30-27(33)36;/h3-6,15-16,18,20,25,34H,2,7-14H2,1H3,(H,30,36);1H. The molecular weight excluding hydrogens is 535 g/mol. The predicted octanol–water partition coefficient (Wildman–Crippen LogP) is 5.30. The van der Waals surface area contributed by atoms with E-state index in [9.17, 15) is 14.7 Å². The Hall–Kier alpha value is -2.19. The molecule has 2 aromatic rings. The minimum atomic E-state index is -0.167. The lowest BCUT2D eigenvalue weighted by Gasteiger charge is -2.40. The number of phenols is 1. The first kappa shape index (κ1) is 27.8. The molecule has 10 heteroatoms. The first-order chi connectivity index (χ1) is 17.3. The molecule has 3 aliphatic rings. The molecule has 200 valence electrons. The highest BCUT2D eigenvalue weighted by Crippen LogP contribution is 2.45. The summed E-state index contributed by atoms with van der Waals surface area (Å²) < 4.78 is 0. The van der Waals surface area contributed by atoms with Crippen molar-refractivity contribution in [2.45, 2.75) is 43.7 Å². The van der Waals surface area contributed by atoms with Gasteiger partial charge in [-0.25, -0.2) is 4.79 Å². The van der Waals surface area contributed by atoms with Crippen LogP contribution in [0.1, 0.15) is 59.1 Å². The molecule has 3 amide bonds. The van der Waals surface area contributed by atoms with Crippen molar-refractivity contribution in [3.05, 3.63) is 63.1 Å². The second-order valence-corrected chi connectivity index (χ2v) is 10.9. The third-order valence-electron chi connectivity index (χ3n) is 7.94. The van der Waals surface area contributed by atoms with Gasteiger partial charge in [0.2, 0.25) is 0 Å². The smallest absolute Gasteiger partial charge is 0.317 e. The van der Waals surface area contributed by atoms with Gasteiger partial charge in [0.1, 0.15) is 5.75 Å². The molecule has 2 aromatic carbocycles. The summed E-state index contributed by atoms with van der Waals surface area (Å²) in [5, 5.41) is 13.9. The van der Waals surface area contributed by atoms with Crippen LogP contribution in [-0.2, 0) is 0 Å². The van der Waals surface area contributed by atoms with Crippen LogP contribution in [0.2, 0.25) is 10.0 Å². The molecule has 0 aliphatic carbocycles. The van der Waals surface area contributed by atoms with Crippen molar-refractivity contribution in [2.24, 2.45) is 0 Å². The van der Waals surface area contributed by atoms with Crippen LogP contribution < -0.4 is 5.32 Å². The number of likely N-dealkylation sites (tertiary alicyclic amines) is 1. The van der Waals surface area contributed by atoms with Gasteiger partial charge in [-0.15, -0.1) is 12.4 Å². The van der Waals surface area contributed by atoms with Crippen molar-refractivity contribution in [1.29, 1.82) is 0 Å². The molecule has 5 rings (SSSR count). The maximum atomic E-state index is 13.1. The monoisotopic (exact) mass is 566 g/mol. The number of likely N-dealkylation sites (N-methyl/N-ethyl adjacent to an activating group) is 1. The molecule has 2 atom stereocenters. The first-order valence-corrected chi connectivity index (χ1v) is 13.4. The second kappa shape index (κ2) is 11.7. The van der Waals surface area contributed by atoms with Gasteiger partial charge in [-0.1, -0.05) is 35.3 Å². The number of hydrogen-bond acceptors (Lipinski definition) is 4. The molecular formula is C27H33Cl3N4O3. The molecule has 2 N–H and O–H groups in total. The number of carbonyl (C=O) groups excluding carboxylic acids is 2. The number of aromatic hydroxyl groups is 1. The van der Waals surface area contributed by atoms with Gasteiger partial charge < -0.3 is 25.1 Å². The van der Waals surface area contributed by atoms with Gasteiger partial charge in [-0.05, 0) is 67.6 Å². The zero-order valence-corrected chi connectivity index (χ0v) is 23.2. The number of amides is 3. The molecule has 0 bridgehead atoms. The Morgan fingerprint density at radius 3 is 2.51 bits per heavy atom. The molecule has 3 aliphatic heterocycles. The average Bonchev–Trinajstić information content (AvgIpc) is 3.12. The van der Waals surface area contributed by atoms with Gasteiger partial charge >= 0.3 is 6.03 Å².